The summed E-state index contributed by atoms with van der Waals surface area (Å²) in [4.78, 5) is 13.2. The maximum Gasteiger partial charge on any atom is 0.220 e. The van der Waals surface area contributed by atoms with E-state index >= 15 is 0 Å². The molecular formula is C53H101NO13. The van der Waals surface area contributed by atoms with Crippen LogP contribution >= 0.6 is 0 Å². The highest BCUT2D eigenvalue weighted by Crippen LogP contribution is 2.30. The second-order valence-electron chi connectivity index (χ2n) is 19.7. The Hall–Kier alpha value is -1.27. The van der Waals surface area contributed by atoms with Gasteiger partial charge in [-0.05, 0) is 19.3 Å². The van der Waals surface area contributed by atoms with Gasteiger partial charge in [0, 0.05) is 6.42 Å². The highest BCUT2D eigenvalue weighted by molar-refractivity contribution is 5.76. The number of aliphatic hydroxyl groups excluding tert-OH is 8. The van der Waals surface area contributed by atoms with Crippen LogP contribution in [0.1, 0.15) is 226 Å². The second-order valence-corrected chi connectivity index (χ2v) is 19.7. The maximum atomic E-state index is 13.2. The van der Waals surface area contributed by atoms with E-state index in [1.54, 1.807) is 6.08 Å². The molecule has 2 heterocycles. The standard InChI is InChI=1S/C53H101NO13/c1-3-5-7-9-11-13-15-17-19-21-23-25-27-29-31-33-35-37-45(58)54-41(42(57)36-34-32-30-28-26-24-22-20-18-16-14-12-10-8-6-4-2)40-64-52-50(63)48(61)51(44(39-56)66-52)67-53-49(62)47(60)46(59)43(38-55)65-53/h34,36,41-44,46-53,55-57,59-63H,3-33,35,37-40H2,1-2H3,(H,54,58)/b36-34+/t41-,42+,43+,44+,46-,47?,48?,49?,50?,51+,52+,53-/m0/s1. The van der Waals surface area contributed by atoms with Crippen molar-refractivity contribution in [1.29, 1.82) is 0 Å². The molecule has 2 fully saturated rings. The third kappa shape index (κ3) is 27.2. The molecule has 14 heteroatoms. The quantitative estimate of drug-likeness (QED) is 0.0209. The van der Waals surface area contributed by atoms with Crippen molar-refractivity contribution in [3.05, 3.63) is 12.2 Å². The fourth-order valence-corrected chi connectivity index (χ4v) is 9.23. The van der Waals surface area contributed by atoms with Crippen LogP contribution in [0.3, 0.4) is 0 Å². The zero-order valence-electron chi connectivity index (χ0n) is 42.2. The van der Waals surface area contributed by atoms with Crippen molar-refractivity contribution in [2.24, 2.45) is 0 Å². The molecule has 0 spiro atoms. The van der Waals surface area contributed by atoms with Gasteiger partial charge in [0.25, 0.3) is 0 Å². The second kappa shape index (κ2) is 40.3. The summed E-state index contributed by atoms with van der Waals surface area (Å²) in [7, 11) is 0. The van der Waals surface area contributed by atoms with Crippen molar-refractivity contribution in [3.63, 3.8) is 0 Å². The van der Waals surface area contributed by atoms with E-state index in [-0.39, 0.29) is 18.9 Å². The van der Waals surface area contributed by atoms with Crippen LogP contribution in [0, 0.1) is 0 Å². The zero-order valence-corrected chi connectivity index (χ0v) is 42.2. The fourth-order valence-electron chi connectivity index (χ4n) is 9.23. The molecule has 0 radical (unpaired) electrons. The molecule has 396 valence electrons. The number of rotatable bonds is 43. The monoisotopic (exact) mass is 960 g/mol. The molecule has 0 bridgehead atoms. The smallest absolute Gasteiger partial charge is 0.220 e. The van der Waals surface area contributed by atoms with Gasteiger partial charge in [-0.1, -0.05) is 212 Å². The molecule has 2 aliphatic rings. The van der Waals surface area contributed by atoms with Gasteiger partial charge < -0.3 is 65.1 Å². The molecule has 2 rings (SSSR count). The molecule has 14 nitrogen and oxygen atoms in total. The van der Waals surface area contributed by atoms with Crippen LogP contribution < -0.4 is 5.32 Å². The minimum Gasteiger partial charge on any atom is -0.394 e. The molecule has 67 heavy (non-hydrogen) atoms. The van der Waals surface area contributed by atoms with Crippen molar-refractivity contribution in [2.45, 2.75) is 299 Å². The minimum absolute atomic E-state index is 0.236. The number of amides is 1. The fraction of sp³-hybridized carbons (Fsp3) is 0.943. The van der Waals surface area contributed by atoms with Crippen LogP contribution in [-0.4, -0.2) is 140 Å². The van der Waals surface area contributed by atoms with Crippen LogP contribution in [0.2, 0.25) is 0 Å². The Morgan fingerprint density at radius 1 is 0.522 bits per heavy atom. The topological polar surface area (TPSA) is 228 Å². The van der Waals surface area contributed by atoms with Gasteiger partial charge in [-0.15, -0.1) is 0 Å². The molecule has 9 N–H and O–H groups in total. The Morgan fingerprint density at radius 2 is 0.925 bits per heavy atom. The number of carbonyl (C=O) groups is 1. The van der Waals surface area contributed by atoms with Gasteiger partial charge >= 0.3 is 0 Å². The average Bonchev–Trinajstić information content (AvgIpc) is 3.32. The summed E-state index contributed by atoms with van der Waals surface area (Å²) in [6.07, 6.45) is 26.7. The predicted octanol–water partition coefficient (Wildman–Crippen LogP) is 7.94. The van der Waals surface area contributed by atoms with Crippen LogP contribution in [-0.2, 0) is 23.7 Å². The predicted molar refractivity (Wildman–Crippen MR) is 263 cm³/mol. The normalized spacial score (nSPS) is 26.6. The summed E-state index contributed by atoms with van der Waals surface area (Å²) in [5.74, 6) is -0.236. The lowest BCUT2D eigenvalue weighted by Crippen LogP contribution is -2.65. The first-order valence-electron chi connectivity index (χ1n) is 27.4. The first-order valence-corrected chi connectivity index (χ1v) is 27.4. The lowest BCUT2D eigenvalue weighted by molar-refractivity contribution is -0.359. The molecule has 2 aliphatic heterocycles. The largest absolute Gasteiger partial charge is 0.394 e. The minimum atomic E-state index is -1.78. The van der Waals surface area contributed by atoms with Crippen LogP contribution in [0.5, 0.6) is 0 Å². The van der Waals surface area contributed by atoms with E-state index in [0.717, 1.165) is 38.5 Å². The number of hydrogen-bond donors (Lipinski definition) is 9. The van der Waals surface area contributed by atoms with Gasteiger partial charge in [0.1, 0.15) is 48.8 Å². The zero-order chi connectivity index (χ0) is 48.9. The number of aliphatic hydroxyl groups is 8. The molecule has 0 aromatic heterocycles. The number of hydrogen-bond acceptors (Lipinski definition) is 13. The Morgan fingerprint density at radius 3 is 1.37 bits per heavy atom. The summed E-state index contributed by atoms with van der Waals surface area (Å²) in [5, 5.41) is 86.9. The molecule has 0 aliphatic carbocycles. The summed E-state index contributed by atoms with van der Waals surface area (Å²) >= 11 is 0. The van der Waals surface area contributed by atoms with Gasteiger partial charge in [0.15, 0.2) is 12.6 Å². The van der Waals surface area contributed by atoms with E-state index < -0.39 is 86.8 Å². The lowest BCUT2D eigenvalue weighted by atomic mass is 9.97. The van der Waals surface area contributed by atoms with E-state index in [4.69, 9.17) is 18.9 Å². The SMILES string of the molecule is CCCCCCCCCCCCCCCC/C=C/[C@@H](O)[C@H](CO[C@@H]1O[C@H](CO)[C@@H](O[C@@H]2O[C@H](CO)[C@H](O)C(O)C2O)C(O)C1O)NC(=O)CCCCCCCCCCCCCCCCCCC. The van der Waals surface area contributed by atoms with Gasteiger partial charge in [0.2, 0.25) is 5.91 Å². The van der Waals surface area contributed by atoms with Crippen LogP contribution in [0.4, 0.5) is 0 Å². The number of unbranched alkanes of at least 4 members (excludes halogenated alkanes) is 30. The van der Waals surface area contributed by atoms with Crippen molar-refractivity contribution in [2.75, 3.05) is 19.8 Å². The Labute approximate surface area is 406 Å². The first kappa shape index (κ1) is 61.8. The average molecular weight is 960 g/mol. The lowest BCUT2D eigenvalue weighted by Gasteiger charge is -2.46. The molecule has 0 aromatic carbocycles. The third-order valence-corrected chi connectivity index (χ3v) is 13.7. The number of allylic oxidation sites excluding steroid dienone is 1. The van der Waals surface area contributed by atoms with Crippen molar-refractivity contribution < 1.29 is 64.6 Å². The summed E-state index contributed by atoms with van der Waals surface area (Å²) in [6, 6.07) is -0.908. The van der Waals surface area contributed by atoms with Crippen molar-refractivity contribution >= 4 is 5.91 Å². The molecular weight excluding hydrogens is 859 g/mol. The molecule has 0 saturated carbocycles. The van der Waals surface area contributed by atoms with Gasteiger partial charge in [0.05, 0.1) is 32.0 Å². The molecule has 1 amide bonds. The maximum absolute atomic E-state index is 13.2. The van der Waals surface area contributed by atoms with E-state index in [2.05, 4.69) is 19.2 Å². The highest BCUT2D eigenvalue weighted by Gasteiger charge is 2.51. The van der Waals surface area contributed by atoms with E-state index in [1.165, 1.54) is 161 Å². The van der Waals surface area contributed by atoms with E-state index in [0.29, 0.717) is 6.42 Å². The summed E-state index contributed by atoms with van der Waals surface area (Å²) in [5.41, 5.74) is 0. The molecule has 2 saturated heterocycles. The first-order chi connectivity index (χ1) is 32.6. The van der Waals surface area contributed by atoms with Gasteiger partial charge in [-0.3, -0.25) is 4.79 Å². The van der Waals surface area contributed by atoms with Crippen molar-refractivity contribution in [3.8, 4) is 0 Å². The summed E-state index contributed by atoms with van der Waals surface area (Å²) < 4.78 is 22.7. The Kier molecular flexibility index (Phi) is 37.2. The van der Waals surface area contributed by atoms with Gasteiger partial charge in [-0.25, -0.2) is 0 Å². The molecule has 12 atom stereocenters. The molecule has 0 aromatic rings. The van der Waals surface area contributed by atoms with Crippen LogP contribution in [0.15, 0.2) is 12.2 Å². The highest BCUT2D eigenvalue weighted by atomic mass is 16.7. The van der Waals surface area contributed by atoms with Crippen molar-refractivity contribution in [1.82, 2.24) is 5.32 Å². The summed E-state index contributed by atoms with van der Waals surface area (Å²) in [6.45, 7) is 2.81. The van der Waals surface area contributed by atoms with E-state index in [1.807, 2.05) is 6.08 Å². The van der Waals surface area contributed by atoms with Gasteiger partial charge in [-0.2, -0.15) is 0 Å². The third-order valence-electron chi connectivity index (χ3n) is 13.7. The Bertz CT molecular complexity index is 1180. The van der Waals surface area contributed by atoms with E-state index in [9.17, 15) is 45.6 Å². The van der Waals surface area contributed by atoms with Crippen LogP contribution in [0.25, 0.3) is 0 Å². The number of carbonyl (C=O) groups excluding carboxylic acids is 1. The number of ether oxygens (including phenoxy) is 4. The molecule has 4 unspecified atom stereocenters. The Balaban J connectivity index is 1.82. The number of nitrogens with one attached hydrogen (secondary N) is 1.